The highest BCUT2D eigenvalue weighted by atomic mass is 19.4. The van der Waals surface area contributed by atoms with Crippen molar-refractivity contribution in [3.05, 3.63) is 23.8 Å². The average molecular weight is 314 g/mol. The third kappa shape index (κ3) is 3.35. The molecular weight excluding hydrogens is 297 g/mol. The van der Waals surface area contributed by atoms with Crippen LogP contribution in [0.4, 0.5) is 18.9 Å². The number of fused-ring (bicyclic) bond motifs is 1. The van der Waals surface area contributed by atoms with Crippen molar-refractivity contribution in [1.29, 1.82) is 0 Å². The Morgan fingerprint density at radius 1 is 1.36 bits per heavy atom. The largest absolute Gasteiger partial charge is 0.482 e. The number of rotatable bonds is 2. The van der Waals surface area contributed by atoms with Gasteiger partial charge in [0, 0.05) is 13.1 Å². The second-order valence-corrected chi connectivity index (χ2v) is 5.78. The van der Waals surface area contributed by atoms with Crippen LogP contribution in [0.3, 0.4) is 0 Å². The van der Waals surface area contributed by atoms with E-state index in [0.29, 0.717) is 30.9 Å². The number of piperidine rings is 1. The molecule has 0 aliphatic carbocycles. The summed E-state index contributed by atoms with van der Waals surface area (Å²) in [5.74, 6) is -0.878. The summed E-state index contributed by atoms with van der Waals surface area (Å²) in [6.45, 7) is 1.12. The Morgan fingerprint density at radius 3 is 2.95 bits per heavy atom. The van der Waals surface area contributed by atoms with E-state index in [1.807, 2.05) is 11.0 Å². The van der Waals surface area contributed by atoms with Crippen molar-refractivity contribution in [3.8, 4) is 5.75 Å². The molecule has 0 saturated carbocycles. The molecule has 120 valence electrons. The van der Waals surface area contributed by atoms with Gasteiger partial charge in [0.2, 0.25) is 0 Å². The van der Waals surface area contributed by atoms with Crippen LogP contribution in [0.5, 0.6) is 5.75 Å². The highest BCUT2D eigenvalue weighted by molar-refractivity contribution is 5.95. The van der Waals surface area contributed by atoms with Crippen molar-refractivity contribution in [2.75, 3.05) is 25.0 Å². The summed E-state index contributed by atoms with van der Waals surface area (Å²) in [4.78, 5) is 13.1. The molecule has 7 heteroatoms. The molecule has 1 unspecified atom stereocenters. The third-order valence-corrected chi connectivity index (χ3v) is 4.05. The lowest BCUT2D eigenvalue weighted by molar-refractivity contribution is -0.187. The van der Waals surface area contributed by atoms with Crippen molar-refractivity contribution >= 4 is 11.6 Å². The monoisotopic (exact) mass is 314 g/mol. The molecule has 4 nitrogen and oxygen atoms in total. The van der Waals surface area contributed by atoms with Gasteiger partial charge in [0.05, 0.1) is 11.6 Å². The Kier molecular flexibility index (Phi) is 3.99. The van der Waals surface area contributed by atoms with Gasteiger partial charge in [-0.2, -0.15) is 13.2 Å². The first-order valence-corrected chi connectivity index (χ1v) is 7.26. The Balaban J connectivity index is 1.68. The van der Waals surface area contributed by atoms with E-state index in [1.54, 1.807) is 12.1 Å². The molecule has 0 bridgehead atoms. The van der Waals surface area contributed by atoms with E-state index >= 15 is 0 Å². The number of nitrogens with one attached hydrogen (secondary N) is 1. The molecule has 1 aromatic rings. The zero-order chi connectivity index (χ0) is 15.7. The topological polar surface area (TPSA) is 41.6 Å². The average Bonchev–Trinajstić information content (AvgIpc) is 2.46. The second kappa shape index (κ2) is 5.79. The fourth-order valence-electron chi connectivity index (χ4n) is 2.95. The van der Waals surface area contributed by atoms with Crippen LogP contribution in [0.15, 0.2) is 18.2 Å². The van der Waals surface area contributed by atoms with Gasteiger partial charge in [-0.3, -0.25) is 9.69 Å². The fourth-order valence-corrected chi connectivity index (χ4v) is 2.95. The van der Waals surface area contributed by atoms with Crippen molar-refractivity contribution in [2.45, 2.75) is 25.6 Å². The first kappa shape index (κ1) is 15.1. The second-order valence-electron chi connectivity index (χ2n) is 5.78. The molecule has 1 aromatic carbocycles. The van der Waals surface area contributed by atoms with Crippen molar-refractivity contribution in [2.24, 2.45) is 5.92 Å². The zero-order valence-corrected chi connectivity index (χ0v) is 11.9. The van der Waals surface area contributed by atoms with Gasteiger partial charge in [-0.1, -0.05) is 6.07 Å². The van der Waals surface area contributed by atoms with E-state index in [9.17, 15) is 18.0 Å². The standard InChI is InChI=1S/C15H17F3N2O2/c16-15(17,18)11-2-1-5-20(8-11)7-10-3-4-13-12(6-10)19-14(21)9-22-13/h3-4,6,11H,1-2,5,7-9H2,(H,19,21). The summed E-state index contributed by atoms with van der Waals surface area (Å²) in [7, 11) is 0. The minimum absolute atomic E-state index is 0.00820. The number of hydrogen-bond acceptors (Lipinski definition) is 3. The summed E-state index contributed by atoms with van der Waals surface area (Å²) in [5.41, 5.74) is 1.45. The number of halogens is 3. The first-order valence-electron chi connectivity index (χ1n) is 7.26. The molecule has 0 aromatic heterocycles. The van der Waals surface area contributed by atoms with Gasteiger partial charge in [0.15, 0.2) is 6.61 Å². The third-order valence-electron chi connectivity index (χ3n) is 4.05. The number of alkyl halides is 3. The number of ether oxygens (including phenoxy) is 1. The van der Waals surface area contributed by atoms with Crippen LogP contribution in [0, 0.1) is 5.92 Å². The molecule has 22 heavy (non-hydrogen) atoms. The molecule has 1 amide bonds. The lowest BCUT2D eigenvalue weighted by atomic mass is 9.97. The predicted octanol–water partition coefficient (Wildman–Crippen LogP) is 2.79. The van der Waals surface area contributed by atoms with Crippen LogP contribution in [0.1, 0.15) is 18.4 Å². The van der Waals surface area contributed by atoms with Gasteiger partial charge in [-0.25, -0.2) is 0 Å². The van der Waals surface area contributed by atoms with Crippen molar-refractivity contribution in [1.82, 2.24) is 4.90 Å². The maximum Gasteiger partial charge on any atom is 0.393 e. The molecular formula is C15H17F3N2O2. The Labute approximate surface area is 126 Å². The summed E-state index contributed by atoms with van der Waals surface area (Å²) in [6.07, 6.45) is -3.38. The number of hydrogen-bond donors (Lipinski definition) is 1. The number of amides is 1. The molecule has 2 heterocycles. The summed E-state index contributed by atoms with van der Waals surface area (Å²) in [5, 5.41) is 2.71. The number of benzene rings is 1. The molecule has 0 spiro atoms. The highest BCUT2D eigenvalue weighted by Gasteiger charge is 2.41. The van der Waals surface area contributed by atoms with E-state index in [1.165, 1.54) is 0 Å². The van der Waals surface area contributed by atoms with E-state index < -0.39 is 12.1 Å². The number of carbonyl (C=O) groups is 1. The molecule has 3 rings (SSSR count). The molecule has 1 atom stereocenters. The minimum atomic E-state index is -4.13. The Bertz CT molecular complexity index is 574. The summed E-state index contributed by atoms with van der Waals surface area (Å²) >= 11 is 0. The van der Waals surface area contributed by atoms with Crippen LogP contribution >= 0.6 is 0 Å². The van der Waals surface area contributed by atoms with E-state index in [-0.39, 0.29) is 25.5 Å². The molecule has 1 fully saturated rings. The number of anilines is 1. The number of carbonyl (C=O) groups excluding carboxylic acids is 1. The quantitative estimate of drug-likeness (QED) is 0.913. The number of likely N-dealkylation sites (tertiary alicyclic amines) is 1. The van der Waals surface area contributed by atoms with Crippen LogP contribution in [-0.2, 0) is 11.3 Å². The first-order chi connectivity index (χ1) is 10.4. The van der Waals surface area contributed by atoms with Crippen LogP contribution in [-0.4, -0.2) is 36.7 Å². The van der Waals surface area contributed by atoms with Gasteiger partial charge in [0.1, 0.15) is 5.75 Å². The number of nitrogens with zero attached hydrogens (tertiary/aromatic N) is 1. The molecule has 1 saturated heterocycles. The van der Waals surface area contributed by atoms with Crippen molar-refractivity contribution in [3.63, 3.8) is 0 Å². The van der Waals surface area contributed by atoms with Gasteiger partial charge in [-0.15, -0.1) is 0 Å². The maximum atomic E-state index is 12.8. The molecule has 0 radical (unpaired) electrons. The highest BCUT2D eigenvalue weighted by Crippen LogP contribution is 2.34. The molecule has 1 N–H and O–H groups in total. The summed E-state index contributed by atoms with van der Waals surface area (Å²) in [6, 6.07) is 5.34. The lowest BCUT2D eigenvalue weighted by Gasteiger charge is -2.33. The predicted molar refractivity (Wildman–Crippen MR) is 74.6 cm³/mol. The van der Waals surface area contributed by atoms with Crippen molar-refractivity contribution < 1.29 is 22.7 Å². The lowest BCUT2D eigenvalue weighted by Crippen LogP contribution is -2.41. The Morgan fingerprint density at radius 2 is 2.18 bits per heavy atom. The van der Waals surface area contributed by atoms with Crippen LogP contribution < -0.4 is 10.1 Å². The zero-order valence-electron chi connectivity index (χ0n) is 11.9. The van der Waals surface area contributed by atoms with Gasteiger partial charge in [-0.05, 0) is 37.1 Å². The fraction of sp³-hybridized carbons (Fsp3) is 0.533. The summed E-state index contributed by atoms with van der Waals surface area (Å²) < 4.78 is 43.8. The van der Waals surface area contributed by atoms with Gasteiger partial charge in [0.25, 0.3) is 5.91 Å². The van der Waals surface area contributed by atoms with Crippen LogP contribution in [0.25, 0.3) is 0 Å². The normalized spacial score (nSPS) is 22.7. The van der Waals surface area contributed by atoms with E-state index in [0.717, 1.165) is 5.56 Å². The Hall–Kier alpha value is -1.76. The van der Waals surface area contributed by atoms with Gasteiger partial charge >= 0.3 is 6.18 Å². The smallest absolute Gasteiger partial charge is 0.393 e. The van der Waals surface area contributed by atoms with E-state index in [2.05, 4.69) is 5.32 Å². The molecule has 2 aliphatic heterocycles. The van der Waals surface area contributed by atoms with Crippen LogP contribution in [0.2, 0.25) is 0 Å². The SMILES string of the molecule is O=C1COc2ccc(CN3CCCC(C(F)(F)F)C3)cc2N1. The van der Waals surface area contributed by atoms with Gasteiger partial charge < -0.3 is 10.1 Å². The molecule has 2 aliphatic rings. The maximum absolute atomic E-state index is 12.8. The minimum Gasteiger partial charge on any atom is -0.482 e. The van der Waals surface area contributed by atoms with E-state index in [4.69, 9.17) is 4.74 Å².